The molecule has 3 rings (SSSR count). The summed E-state index contributed by atoms with van der Waals surface area (Å²) in [5.74, 6) is 0.0153. The first kappa shape index (κ1) is 17.4. The minimum atomic E-state index is -0.271. The molecule has 1 aliphatic rings. The number of nitrogens with one attached hydrogen (secondary N) is 1. The molecular formula is C20H22FNO3. The van der Waals surface area contributed by atoms with Gasteiger partial charge in [-0.2, -0.15) is 0 Å². The van der Waals surface area contributed by atoms with Crippen LogP contribution in [0.1, 0.15) is 34.3 Å². The molecule has 1 fully saturated rings. The summed E-state index contributed by atoms with van der Waals surface area (Å²) in [4.78, 5) is 12.5. The number of rotatable bonds is 6. The van der Waals surface area contributed by atoms with Crippen molar-refractivity contribution in [3.8, 4) is 5.75 Å². The number of hydrogen-bond acceptors (Lipinski definition) is 3. The van der Waals surface area contributed by atoms with E-state index in [4.69, 9.17) is 9.47 Å². The van der Waals surface area contributed by atoms with Crippen LogP contribution in [0.4, 0.5) is 4.39 Å². The Balaban J connectivity index is 1.61. The minimum absolute atomic E-state index is 0.0895. The van der Waals surface area contributed by atoms with Crippen LogP contribution in [0.15, 0.2) is 42.5 Å². The Hall–Kier alpha value is -2.40. The van der Waals surface area contributed by atoms with Crippen LogP contribution in [0, 0.1) is 12.7 Å². The molecule has 1 saturated heterocycles. The van der Waals surface area contributed by atoms with E-state index >= 15 is 0 Å². The highest BCUT2D eigenvalue weighted by molar-refractivity contribution is 5.96. The highest BCUT2D eigenvalue weighted by atomic mass is 19.1. The van der Waals surface area contributed by atoms with Crippen molar-refractivity contribution >= 4 is 5.91 Å². The maximum Gasteiger partial charge on any atom is 0.255 e. The summed E-state index contributed by atoms with van der Waals surface area (Å²) < 4.78 is 24.9. The fraction of sp³-hybridized carbons (Fsp3) is 0.350. The Bertz CT molecular complexity index is 741. The lowest BCUT2D eigenvalue weighted by Gasteiger charge is -2.14. The van der Waals surface area contributed by atoms with Gasteiger partial charge in [-0.05, 0) is 49.1 Å². The monoisotopic (exact) mass is 343 g/mol. The zero-order valence-corrected chi connectivity index (χ0v) is 14.3. The van der Waals surface area contributed by atoms with Crippen LogP contribution in [0.2, 0.25) is 0 Å². The molecule has 1 heterocycles. The van der Waals surface area contributed by atoms with Gasteiger partial charge in [0.25, 0.3) is 5.91 Å². The van der Waals surface area contributed by atoms with E-state index in [1.54, 1.807) is 37.3 Å². The van der Waals surface area contributed by atoms with E-state index in [1.807, 2.05) is 6.07 Å². The highest BCUT2D eigenvalue weighted by Crippen LogP contribution is 2.20. The maximum absolute atomic E-state index is 13.6. The number of amides is 1. The molecule has 0 saturated carbocycles. The van der Waals surface area contributed by atoms with E-state index in [2.05, 4.69) is 5.32 Å². The van der Waals surface area contributed by atoms with Gasteiger partial charge in [-0.15, -0.1) is 0 Å². The van der Waals surface area contributed by atoms with Crippen molar-refractivity contribution in [3.63, 3.8) is 0 Å². The van der Waals surface area contributed by atoms with Gasteiger partial charge < -0.3 is 14.8 Å². The molecule has 0 aliphatic carbocycles. The lowest BCUT2D eigenvalue weighted by atomic mass is 10.1. The topological polar surface area (TPSA) is 47.6 Å². The van der Waals surface area contributed by atoms with Crippen molar-refractivity contribution in [1.82, 2.24) is 5.32 Å². The summed E-state index contributed by atoms with van der Waals surface area (Å²) in [5, 5.41) is 2.81. The third-order valence-corrected chi connectivity index (χ3v) is 4.27. The molecule has 1 N–H and O–H groups in total. The first-order chi connectivity index (χ1) is 12.1. The molecule has 4 nitrogen and oxygen atoms in total. The number of ether oxygens (including phenoxy) is 2. The Kier molecular flexibility index (Phi) is 5.66. The number of halogens is 1. The van der Waals surface area contributed by atoms with Crippen molar-refractivity contribution in [2.24, 2.45) is 0 Å². The number of benzene rings is 2. The molecule has 25 heavy (non-hydrogen) atoms. The summed E-state index contributed by atoms with van der Waals surface area (Å²) in [6.07, 6.45) is 2.11. The Morgan fingerprint density at radius 3 is 2.92 bits per heavy atom. The zero-order valence-electron chi connectivity index (χ0n) is 14.3. The Morgan fingerprint density at radius 1 is 1.32 bits per heavy atom. The molecular weight excluding hydrogens is 321 g/mol. The molecule has 1 amide bonds. The predicted molar refractivity (Wildman–Crippen MR) is 93.2 cm³/mol. The summed E-state index contributed by atoms with van der Waals surface area (Å²) in [7, 11) is 0. The molecule has 0 aromatic heterocycles. The van der Waals surface area contributed by atoms with Crippen molar-refractivity contribution < 1.29 is 18.7 Å². The predicted octanol–water partition coefficient (Wildman–Crippen LogP) is 3.62. The van der Waals surface area contributed by atoms with Crippen LogP contribution in [-0.4, -0.2) is 25.2 Å². The van der Waals surface area contributed by atoms with Crippen LogP contribution in [0.5, 0.6) is 5.75 Å². The number of aryl methyl sites for hydroxylation is 1. The van der Waals surface area contributed by atoms with E-state index in [0.717, 1.165) is 19.4 Å². The minimum Gasteiger partial charge on any atom is -0.490 e. The fourth-order valence-electron chi connectivity index (χ4n) is 2.76. The molecule has 0 bridgehead atoms. The van der Waals surface area contributed by atoms with E-state index in [-0.39, 0.29) is 24.4 Å². The average molecular weight is 343 g/mol. The second-order valence-corrected chi connectivity index (χ2v) is 6.21. The van der Waals surface area contributed by atoms with Crippen molar-refractivity contribution in [2.75, 3.05) is 13.2 Å². The molecule has 132 valence electrons. The number of carbonyl (C=O) groups excluding carboxylic acids is 1. The van der Waals surface area contributed by atoms with Crippen LogP contribution in [0.3, 0.4) is 0 Å². The summed E-state index contributed by atoms with van der Waals surface area (Å²) in [6.45, 7) is 3.17. The quantitative estimate of drug-likeness (QED) is 0.871. The fourth-order valence-corrected chi connectivity index (χ4v) is 2.76. The number of carbonyl (C=O) groups is 1. The summed E-state index contributed by atoms with van der Waals surface area (Å²) in [5.41, 5.74) is 1.77. The Morgan fingerprint density at radius 2 is 2.16 bits per heavy atom. The first-order valence-electron chi connectivity index (χ1n) is 8.50. The second-order valence-electron chi connectivity index (χ2n) is 6.21. The van der Waals surface area contributed by atoms with Gasteiger partial charge in [0, 0.05) is 13.2 Å². The Labute approximate surface area is 147 Å². The SMILES string of the molecule is Cc1ccc(CNC(=O)c2ccccc2OC[C@H]2CCCO2)cc1F. The van der Waals surface area contributed by atoms with Crippen molar-refractivity contribution in [3.05, 3.63) is 65.0 Å². The average Bonchev–Trinajstić information content (AvgIpc) is 3.14. The first-order valence-corrected chi connectivity index (χ1v) is 8.50. The highest BCUT2D eigenvalue weighted by Gasteiger charge is 2.18. The van der Waals surface area contributed by atoms with Crippen molar-refractivity contribution in [1.29, 1.82) is 0 Å². The maximum atomic E-state index is 13.6. The van der Waals surface area contributed by atoms with E-state index in [1.165, 1.54) is 6.07 Å². The van der Waals surface area contributed by atoms with Crippen LogP contribution in [-0.2, 0) is 11.3 Å². The number of para-hydroxylation sites is 1. The molecule has 2 aromatic carbocycles. The van der Waals surface area contributed by atoms with Crippen molar-refractivity contribution in [2.45, 2.75) is 32.4 Å². The third-order valence-electron chi connectivity index (χ3n) is 4.27. The normalized spacial score (nSPS) is 16.6. The van der Waals surface area contributed by atoms with Crippen LogP contribution < -0.4 is 10.1 Å². The van der Waals surface area contributed by atoms with Crippen LogP contribution >= 0.6 is 0 Å². The molecule has 0 spiro atoms. The van der Waals surface area contributed by atoms with Gasteiger partial charge >= 0.3 is 0 Å². The van der Waals surface area contributed by atoms with Gasteiger partial charge in [0.1, 0.15) is 18.2 Å². The van der Waals surface area contributed by atoms with Gasteiger partial charge in [0.15, 0.2) is 0 Å². The standard InChI is InChI=1S/C20H22FNO3/c1-14-8-9-15(11-18(14)21)12-22-20(23)17-6-2-3-7-19(17)25-13-16-5-4-10-24-16/h2-3,6-9,11,16H,4-5,10,12-13H2,1H3,(H,22,23)/t16-/m1/s1. The summed E-state index contributed by atoms with van der Waals surface area (Å²) in [6, 6.07) is 12.1. The largest absolute Gasteiger partial charge is 0.490 e. The van der Waals surface area contributed by atoms with E-state index < -0.39 is 0 Å². The van der Waals surface area contributed by atoms with Gasteiger partial charge in [-0.25, -0.2) is 4.39 Å². The van der Waals surface area contributed by atoms with E-state index in [9.17, 15) is 9.18 Å². The van der Waals surface area contributed by atoms with Gasteiger partial charge in [0.05, 0.1) is 11.7 Å². The zero-order chi connectivity index (χ0) is 17.6. The van der Waals surface area contributed by atoms with Gasteiger partial charge in [0.2, 0.25) is 0 Å². The number of hydrogen-bond donors (Lipinski definition) is 1. The lowest BCUT2D eigenvalue weighted by molar-refractivity contribution is 0.0670. The smallest absolute Gasteiger partial charge is 0.255 e. The molecule has 1 atom stereocenters. The molecule has 5 heteroatoms. The molecule has 2 aromatic rings. The second kappa shape index (κ2) is 8.12. The van der Waals surface area contributed by atoms with Gasteiger partial charge in [-0.3, -0.25) is 4.79 Å². The third kappa shape index (κ3) is 4.57. The van der Waals surface area contributed by atoms with Gasteiger partial charge in [-0.1, -0.05) is 24.3 Å². The van der Waals surface area contributed by atoms with Crippen LogP contribution in [0.25, 0.3) is 0 Å². The molecule has 1 aliphatic heterocycles. The summed E-state index contributed by atoms with van der Waals surface area (Å²) >= 11 is 0. The lowest BCUT2D eigenvalue weighted by Crippen LogP contribution is -2.24. The molecule has 0 radical (unpaired) electrons. The molecule has 0 unspecified atom stereocenters. The van der Waals surface area contributed by atoms with E-state index in [0.29, 0.717) is 29.0 Å².